The molecule has 114 valence electrons. The van der Waals surface area contributed by atoms with Crippen LogP contribution in [-0.2, 0) is 16.8 Å². The third-order valence-electron chi connectivity index (χ3n) is 3.50. The van der Waals surface area contributed by atoms with Crippen LogP contribution < -0.4 is 0 Å². The second-order valence-corrected chi connectivity index (χ2v) is 7.64. The van der Waals surface area contributed by atoms with Crippen molar-refractivity contribution in [2.45, 2.75) is 58.4 Å². The van der Waals surface area contributed by atoms with Gasteiger partial charge in [-0.15, -0.1) is 21.8 Å². The van der Waals surface area contributed by atoms with E-state index in [2.05, 4.69) is 74.5 Å². The summed E-state index contributed by atoms with van der Waals surface area (Å²) in [6.45, 7) is 13.1. The summed E-state index contributed by atoms with van der Waals surface area (Å²) in [6, 6.07) is 8.40. The summed E-state index contributed by atoms with van der Waals surface area (Å²) in [4.78, 5) is 0. The molecule has 0 aliphatic rings. The Morgan fingerprint density at radius 3 is 2.14 bits per heavy atom. The van der Waals surface area contributed by atoms with Crippen LogP contribution in [0.3, 0.4) is 0 Å². The molecular formula is C17H24ClN3. The molecule has 4 heteroatoms. The topological polar surface area (TPSA) is 30.7 Å². The molecule has 0 saturated carbocycles. The van der Waals surface area contributed by atoms with Crippen LogP contribution >= 0.6 is 11.6 Å². The van der Waals surface area contributed by atoms with Crippen LogP contribution in [0.1, 0.15) is 52.9 Å². The number of hydrogen-bond donors (Lipinski definition) is 0. The van der Waals surface area contributed by atoms with Gasteiger partial charge < -0.3 is 4.57 Å². The average Bonchev–Trinajstić information content (AvgIpc) is 2.81. The summed E-state index contributed by atoms with van der Waals surface area (Å²) in [7, 11) is 0. The standard InChI is InChI=1S/C17H24ClN3/c1-16(2,3)13-10-8-7-9-12(13)15-20-19-14(11-18)21(15)17(4,5)6/h7-10H,11H2,1-6H3. The van der Waals surface area contributed by atoms with E-state index in [1.165, 1.54) is 5.56 Å². The van der Waals surface area contributed by atoms with Crippen molar-refractivity contribution < 1.29 is 0 Å². The Balaban J connectivity index is 2.73. The molecule has 0 saturated heterocycles. The van der Waals surface area contributed by atoms with Gasteiger partial charge in [0.25, 0.3) is 0 Å². The number of alkyl halides is 1. The number of nitrogens with zero attached hydrogens (tertiary/aromatic N) is 3. The molecule has 0 N–H and O–H groups in total. The summed E-state index contributed by atoms with van der Waals surface area (Å²) < 4.78 is 2.14. The average molecular weight is 306 g/mol. The van der Waals surface area contributed by atoms with Gasteiger partial charge in [0, 0.05) is 11.1 Å². The first-order valence-electron chi connectivity index (χ1n) is 7.27. The number of aromatic nitrogens is 3. The zero-order chi connectivity index (χ0) is 15.8. The highest BCUT2D eigenvalue weighted by molar-refractivity contribution is 6.16. The van der Waals surface area contributed by atoms with Crippen molar-refractivity contribution in [1.82, 2.24) is 14.8 Å². The van der Waals surface area contributed by atoms with Gasteiger partial charge in [-0.3, -0.25) is 0 Å². The van der Waals surface area contributed by atoms with E-state index in [0.717, 1.165) is 17.2 Å². The van der Waals surface area contributed by atoms with Gasteiger partial charge in [-0.2, -0.15) is 0 Å². The highest BCUT2D eigenvalue weighted by atomic mass is 35.5. The van der Waals surface area contributed by atoms with E-state index < -0.39 is 0 Å². The van der Waals surface area contributed by atoms with Gasteiger partial charge in [-0.25, -0.2) is 0 Å². The van der Waals surface area contributed by atoms with Gasteiger partial charge in [0.15, 0.2) is 5.82 Å². The molecule has 1 aromatic heterocycles. The SMILES string of the molecule is CC(C)(C)c1ccccc1-c1nnc(CCl)n1C(C)(C)C. The highest BCUT2D eigenvalue weighted by Gasteiger charge is 2.27. The molecule has 2 rings (SSSR count). The molecule has 1 heterocycles. The fourth-order valence-electron chi connectivity index (χ4n) is 2.61. The van der Waals surface area contributed by atoms with Crippen molar-refractivity contribution in [3.05, 3.63) is 35.7 Å². The van der Waals surface area contributed by atoms with Crippen LogP contribution in [0.15, 0.2) is 24.3 Å². The molecule has 0 unspecified atom stereocenters. The van der Waals surface area contributed by atoms with E-state index in [1.54, 1.807) is 0 Å². The maximum atomic E-state index is 6.05. The lowest BCUT2D eigenvalue weighted by molar-refractivity contribution is 0.390. The maximum Gasteiger partial charge on any atom is 0.164 e. The molecule has 0 amide bonds. The fourth-order valence-corrected chi connectivity index (χ4v) is 2.79. The first-order chi connectivity index (χ1) is 9.66. The summed E-state index contributed by atoms with van der Waals surface area (Å²) in [5.41, 5.74) is 2.33. The van der Waals surface area contributed by atoms with E-state index in [4.69, 9.17) is 11.6 Å². The lowest BCUT2D eigenvalue weighted by Crippen LogP contribution is -2.25. The van der Waals surface area contributed by atoms with E-state index in [9.17, 15) is 0 Å². The Morgan fingerprint density at radius 2 is 1.62 bits per heavy atom. The highest BCUT2D eigenvalue weighted by Crippen LogP contribution is 2.34. The van der Waals surface area contributed by atoms with Crippen LogP contribution in [-0.4, -0.2) is 14.8 Å². The predicted octanol–water partition coefficient (Wildman–Crippen LogP) is 4.74. The van der Waals surface area contributed by atoms with Crippen molar-refractivity contribution in [2.24, 2.45) is 0 Å². The Labute approximate surface area is 132 Å². The largest absolute Gasteiger partial charge is 0.305 e. The minimum Gasteiger partial charge on any atom is -0.305 e. The zero-order valence-electron chi connectivity index (χ0n) is 13.7. The molecular weight excluding hydrogens is 282 g/mol. The quantitative estimate of drug-likeness (QED) is 0.751. The predicted molar refractivity (Wildman–Crippen MR) is 88.7 cm³/mol. The normalized spacial score (nSPS) is 12.7. The summed E-state index contributed by atoms with van der Waals surface area (Å²) in [5.74, 6) is 2.06. The Morgan fingerprint density at radius 1 is 1.00 bits per heavy atom. The summed E-state index contributed by atoms with van der Waals surface area (Å²) in [6.07, 6.45) is 0. The summed E-state index contributed by atoms with van der Waals surface area (Å²) >= 11 is 6.05. The van der Waals surface area contributed by atoms with Gasteiger partial charge in [-0.05, 0) is 31.7 Å². The third-order valence-corrected chi connectivity index (χ3v) is 3.74. The van der Waals surface area contributed by atoms with Gasteiger partial charge in [0.05, 0.1) is 5.88 Å². The second kappa shape index (κ2) is 5.45. The van der Waals surface area contributed by atoms with E-state index >= 15 is 0 Å². The van der Waals surface area contributed by atoms with Crippen molar-refractivity contribution in [1.29, 1.82) is 0 Å². The zero-order valence-corrected chi connectivity index (χ0v) is 14.5. The minimum atomic E-state index is -0.117. The molecule has 21 heavy (non-hydrogen) atoms. The van der Waals surface area contributed by atoms with E-state index in [-0.39, 0.29) is 11.0 Å². The van der Waals surface area contributed by atoms with Gasteiger partial charge in [-0.1, -0.05) is 45.0 Å². The lowest BCUT2D eigenvalue weighted by Gasteiger charge is -2.27. The van der Waals surface area contributed by atoms with Crippen LogP contribution in [0, 0.1) is 0 Å². The first-order valence-corrected chi connectivity index (χ1v) is 7.80. The molecule has 0 aliphatic carbocycles. The molecule has 0 spiro atoms. The Kier molecular flexibility index (Phi) is 4.16. The molecule has 1 aromatic carbocycles. The molecule has 0 aliphatic heterocycles. The number of hydrogen-bond acceptors (Lipinski definition) is 2. The van der Waals surface area contributed by atoms with Crippen molar-refractivity contribution in [3.8, 4) is 11.4 Å². The summed E-state index contributed by atoms with van der Waals surface area (Å²) in [5, 5.41) is 8.71. The van der Waals surface area contributed by atoms with Gasteiger partial charge in [0.2, 0.25) is 0 Å². The Bertz CT molecular complexity index is 630. The smallest absolute Gasteiger partial charge is 0.164 e. The van der Waals surface area contributed by atoms with Crippen molar-refractivity contribution in [2.75, 3.05) is 0 Å². The van der Waals surface area contributed by atoms with Crippen LogP contribution in [0.5, 0.6) is 0 Å². The maximum absolute atomic E-state index is 6.05. The van der Waals surface area contributed by atoms with Crippen LogP contribution in [0.4, 0.5) is 0 Å². The Hall–Kier alpha value is -1.35. The van der Waals surface area contributed by atoms with Gasteiger partial charge in [0.1, 0.15) is 5.82 Å². The van der Waals surface area contributed by atoms with Gasteiger partial charge >= 0.3 is 0 Å². The molecule has 0 fully saturated rings. The van der Waals surface area contributed by atoms with E-state index in [1.807, 2.05) is 6.07 Å². The molecule has 0 atom stereocenters. The van der Waals surface area contributed by atoms with Crippen LogP contribution in [0.25, 0.3) is 11.4 Å². The van der Waals surface area contributed by atoms with Crippen molar-refractivity contribution >= 4 is 11.6 Å². The molecule has 3 nitrogen and oxygen atoms in total. The molecule has 0 radical (unpaired) electrons. The lowest BCUT2D eigenvalue weighted by atomic mass is 9.83. The third kappa shape index (κ3) is 3.13. The number of benzene rings is 1. The number of halogens is 1. The molecule has 2 aromatic rings. The second-order valence-electron chi connectivity index (χ2n) is 7.38. The number of rotatable bonds is 2. The first kappa shape index (κ1) is 16.0. The van der Waals surface area contributed by atoms with Crippen molar-refractivity contribution in [3.63, 3.8) is 0 Å². The fraction of sp³-hybridized carbons (Fsp3) is 0.529. The monoisotopic (exact) mass is 305 g/mol. The molecule has 0 bridgehead atoms. The van der Waals surface area contributed by atoms with E-state index in [0.29, 0.717) is 5.88 Å². The minimum absolute atomic E-state index is 0.0480. The van der Waals surface area contributed by atoms with Crippen LogP contribution in [0.2, 0.25) is 0 Å².